The maximum absolute atomic E-state index is 10.6. The lowest BCUT2D eigenvalue weighted by molar-refractivity contribution is -0.384. The quantitative estimate of drug-likeness (QED) is 0.460. The molecule has 1 aromatic heterocycles. The molecule has 112 valence electrons. The van der Waals surface area contributed by atoms with E-state index in [1.54, 1.807) is 30.5 Å². The third kappa shape index (κ3) is 4.68. The number of nitro groups is 1. The van der Waals surface area contributed by atoms with Gasteiger partial charge in [0.2, 0.25) is 0 Å². The van der Waals surface area contributed by atoms with Gasteiger partial charge in [-0.25, -0.2) is 4.98 Å². The first kappa shape index (κ1) is 15.2. The smallest absolute Gasteiger partial charge is 0.269 e. The predicted molar refractivity (Wildman–Crippen MR) is 81.0 cm³/mol. The van der Waals surface area contributed by atoms with Crippen molar-refractivity contribution in [2.75, 3.05) is 6.54 Å². The van der Waals surface area contributed by atoms with E-state index in [1.807, 2.05) is 12.5 Å². The Hall–Kier alpha value is -2.21. The third-order valence-electron chi connectivity index (χ3n) is 3.46. The minimum atomic E-state index is -0.377. The molecular formula is C15H20N4O2. The summed E-state index contributed by atoms with van der Waals surface area (Å²) in [6, 6.07) is 6.90. The fourth-order valence-corrected chi connectivity index (χ4v) is 2.16. The lowest BCUT2D eigenvalue weighted by Gasteiger charge is -2.14. The van der Waals surface area contributed by atoms with Crippen molar-refractivity contribution in [3.63, 3.8) is 0 Å². The third-order valence-corrected chi connectivity index (χ3v) is 3.46. The largest absolute Gasteiger partial charge is 0.337 e. The molecule has 2 aromatic rings. The van der Waals surface area contributed by atoms with Crippen LogP contribution in [0.15, 0.2) is 43.0 Å². The van der Waals surface area contributed by atoms with Gasteiger partial charge in [0.1, 0.15) is 0 Å². The van der Waals surface area contributed by atoms with E-state index < -0.39 is 0 Å². The van der Waals surface area contributed by atoms with Gasteiger partial charge < -0.3 is 9.88 Å². The molecule has 0 aliphatic rings. The van der Waals surface area contributed by atoms with Crippen LogP contribution in [0.4, 0.5) is 5.69 Å². The summed E-state index contributed by atoms with van der Waals surface area (Å²) in [7, 11) is 0. The Bertz CT molecular complexity index is 552. The number of benzene rings is 1. The highest BCUT2D eigenvalue weighted by molar-refractivity contribution is 5.33. The lowest BCUT2D eigenvalue weighted by atomic mass is 10.1. The topological polar surface area (TPSA) is 73.0 Å². The summed E-state index contributed by atoms with van der Waals surface area (Å²) in [6.07, 6.45) is 7.75. The zero-order chi connectivity index (χ0) is 15.1. The minimum absolute atomic E-state index is 0.131. The highest BCUT2D eigenvalue weighted by Gasteiger charge is 2.08. The number of hydrogen-bond donors (Lipinski definition) is 1. The molecule has 1 N–H and O–H groups in total. The fourth-order valence-electron chi connectivity index (χ4n) is 2.16. The fraction of sp³-hybridized carbons (Fsp3) is 0.400. The van der Waals surface area contributed by atoms with E-state index in [0.29, 0.717) is 0 Å². The van der Waals surface area contributed by atoms with Gasteiger partial charge >= 0.3 is 0 Å². The summed E-state index contributed by atoms with van der Waals surface area (Å²) in [5.41, 5.74) is 1.20. The molecule has 0 fully saturated rings. The van der Waals surface area contributed by atoms with Gasteiger partial charge in [0.25, 0.3) is 5.69 Å². The van der Waals surface area contributed by atoms with Crippen molar-refractivity contribution in [3.05, 3.63) is 58.7 Å². The number of imidazole rings is 1. The van der Waals surface area contributed by atoms with E-state index in [0.717, 1.165) is 31.5 Å². The molecule has 6 heteroatoms. The number of non-ortho nitro benzene ring substituents is 1. The van der Waals surface area contributed by atoms with Crippen LogP contribution in [0.3, 0.4) is 0 Å². The molecule has 0 spiro atoms. The average Bonchev–Trinajstić information content (AvgIpc) is 3.00. The van der Waals surface area contributed by atoms with Gasteiger partial charge in [0, 0.05) is 37.1 Å². The molecule has 0 bridgehead atoms. The van der Waals surface area contributed by atoms with E-state index in [1.165, 1.54) is 0 Å². The number of unbranched alkanes of at least 4 members (excludes halogenated alkanes) is 1. The van der Waals surface area contributed by atoms with E-state index in [9.17, 15) is 10.1 Å². The summed E-state index contributed by atoms with van der Waals surface area (Å²) in [5, 5.41) is 14.0. The number of aryl methyl sites for hydroxylation is 1. The van der Waals surface area contributed by atoms with Crippen molar-refractivity contribution in [3.8, 4) is 0 Å². The molecule has 1 heterocycles. The van der Waals surface area contributed by atoms with Crippen molar-refractivity contribution < 1.29 is 4.92 Å². The highest BCUT2D eigenvalue weighted by atomic mass is 16.6. The summed E-state index contributed by atoms with van der Waals surface area (Å²) in [6.45, 7) is 3.97. The van der Waals surface area contributed by atoms with Crippen LogP contribution in [0.5, 0.6) is 0 Å². The van der Waals surface area contributed by atoms with Crippen LogP contribution in [-0.2, 0) is 6.54 Å². The van der Waals surface area contributed by atoms with Crippen LogP contribution in [0.1, 0.15) is 31.4 Å². The normalized spacial score (nSPS) is 12.2. The first-order chi connectivity index (χ1) is 10.2. The molecule has 0 aliphatic carbocycles. The molecule has 0 saturated carbocycles. The second kappa shape index (κ2) is 7.54. The minimum Gasteiger partial charge on any atom is -0.337 e. The molecule has 21 heavy (non-hydrogen) atoms. The summed E-state index contributed by atoms with van der Waals surface area (Å²) < 4.78 is 2.07. The van der Waals surface area contributed by atoms with Crippen molar-refractivity contribution in [1.82, 2.24) is 14.9 Å². The van der Waals surface area contributed by atoms with E-state index in [2.05, 4.69) is 21.8 Å². The first-order valence-electron chi connectivity index (χ1n) is 7.10. The number of nitrogens with zero attached hydrogens (tertiary/aromatic N) is 3. The molecule has 0 aliphatic heterocycles. The van der Waals surface area contributed by atoms with Gasteiger partial charge in [-0.2, -0.15) is 0 Å². The van der Waals surface area contributed by atoms with Crippen molar-refractivity contribution >= 4 is 5.69 Å². The summed E-state index contributed by atoms with van der Waals surface area (Å²) >= 11 is 0. The van der Waals surface area contributed by atoms with Crippen LogP contribution < -0.4 is 5.32 Å². The maximum atomic E-state index is 10.6. The average molecular weight is 288 g/mol. The van der Waals surface area contributed by atoms with Gasteiger partial charge in [0.05, 0.1) is 11.3 Å². The molecule has 6 nitrogen and oxygen atoms in total. The summed E-state index contributed by atoms with van der Waals surface area (Å²) in [4.78, 5) is 14.2. The highest BCUT2D eigenvalue weighted by Crippen LogP contribution is 2.17. The molecule has 0 radical (unpaired) electrons. The second-order valence-electron chi connectivity index (χ2n) is 5.03. The number of nitro benzene ring substituents is 1. The zero-order valence-corrected chi connectivity index (χ0v) is 12.1. The molecule has 1 unspecified atom stereocenters. The predicted octanol–water partition coefficient (Wildman–Crippen LogP) is 2.92. The zero-order valence-electron chi connectivity index (χ0n) is 12.1. The van der Waals surface area contributed by atoms with E-state index in [4.69, 9.17) is 0 Å². The monoisotopic (exact) mass is 288 g/mol. The Morgan fingerprint density at radius 2 is 2.10 bits per heavy atom. The van der Waals surface area contributed by atoms with Crippen molar-refractivity contribution in [2.24, 2.45) is 0 Å². The molecular weight excluding hydrogens is 268 g/mol. The Kier molecular flexibility index (Phi) is 5.45. The maximum Gasteiger partial charge on any atom is 0.269 e. The van der Waals surface area contributed by atoms with Crippen LogP contribution in [0, 0.1) is 10.1 Å². The van der Waals surface area contributed by atoms with Crippen molar-refractivity contribution in [1.29, 1.82) is 0 Å². The van der Waals surface area contributed by atoms with Crippen LogP contribution >= 0.6 is 0 Å². The molecule has 1 aromatic carbocycles. The first-order valence-corrected chi connectivity index (χ1v) is 7.10. The summed E-state index contributed by atoms with van der Waals surface area (Å²) in [5.74, 6) is 0. The molecule has 0 saturated heterocycles. The van der Waals surface area contributed by atoms with Crippen LogP contribution in [0.2, 0.25) is 0 Å². The molecule has 1 atom stereocenters. The Balaban J connectivity index is 1.69. The van der Waals surface area contributed by atoms with E-state index in [-0.39, 0.29) is 16.7 Å². The van der Waals surface area contributed by atoms with Gasteiger partial charge in [-0.1, -0.05) is 12.1 Å². The Morgan fingerprint density at radius 1 is 1.33 bits per heavy atom. The second-order valence-corrected chi connectivity index (χ2v) is 5.03. The molecule has 0 amide bonds. The number of rotatable bonds is 8. The Morgan fingerprint density at radius 3 is 2.71 bits per heavy atom. The lowest BCUT2D eigenvalue weighted by Crippen LogP contribution is -2.20. The number of aromatic nitrogens is 2. The van der Waals surface area contributed by atoms with Crippen molar-refractivity contribution in [2.45, 2.75) is 32.4 Å². The SMILES string of the molecule is CC(NCCCCn1ccnc1)c1ccc([N+](=O)[O-])cc1. The van der Waals surface area contributed by atoms with Gasteiger partial charge in [-0.05, 0) is 31.9 Å². The molecule has 2 rings (SSSR count). The van der Waals surface area contributed by atoms with Gasteiger partial charge in [-0.3, -0.25) is 10.1 Å². The van der Waals surface area contributed by atoms with E-state index >= 15 is 0 Å². The standard InChI is InChI=1S/C15H20N4O2/c1-13(14-4-6-15(7-5-14)19(20)21)17-8-2-3-10-18-11-9-16-12-18/h4-7,9,11-13,17H,2-3,8,10H2,1H3. The Labute approximate surface area is 124 Å². The van der Waals surface area contributed by atoms with Crippen LogP contribution in [-0.4, -0.2) is 21.0 Å². The number of hydrogen-bond acceptors (Lipinski definition) is 4. The number of nitrogens with one attached hydrogen (secondary N) is 1. The van der Waals surface area contributed by atoms with Gasteiger partial charge in [-0.15, -0.1) is 0 Å². The van der Waals surface area contributed by atoms with Gasteiger partial charge in [0.15, 0.2) is 0 Å². The van der Waals surface area contributed by atoms with Crippen LogP contribution in [0.25, 0.3) is 0 Å².